The third-order valence-electron chi connectivity index (χ3n) is 3.19. The first-order valence-electron chi connectivity index (χ1n) is 7.05. The van der Waals surface area contributed by atoms with E-state index in [0.29, 0.717) is 0 Å². The minimum absolute atomic E-state index is 0.758. The van der Waals surface area contributed by atoms with Crippen molar-refractivity contribution >= 4 is 34.7 Å². The Labute approximate surface area is 127 Å². The highest BCUT2D eigenvalue weighted by molar-refractivity contribution is 7.80. The molecule has 0 aromatic heterocycles. The third-order valence-corrected chi connectivity index (χ3v) is 3.88. The fraction of sp³-hybridized carbons (Fsp3) is 0.833. The number of nitrogens with zero attached hydrogens (tertiary/aromatic N) is 1. The van der Waals surface area contributed by atoms with Crippen LogP contribution in [0.5, 0.6) is 0 Å². The van der Waals surface area contributed by atoms with Crippen molar-refractivity contribution in [2.45, 2.75) is 13.8 Å². The van der Waals surface area contributed by atoms with Gasteiger partial charge in [-0.1, -0.05) is 0 Å². The third kappa shape index (κ3) is 6.35. The van der Waals surface area contributed by atoms with Gasteiger partial charge in [0.15, 0.2) is 10.2 Å². The van der Waals surface area contributed by atoms with Crippen LogP contribution in [0.1, 0.15) is 13.8 Å². The molecular weight excluding hydrogens is 278 g/mol. The first kappa shape index (κ1) is 16.4. The van der Waals surface area contributed by atoms with Gasteiger partial charge in [-0.05, 0) is 38.3 Å². The maximum Gasteiger partial charge on any atom is 0.169 e. The molecule has 1 aliphatic heterocycles. The lowest BCUT2D eigenvalue weighted by Crippen LogP contribution is -3.15. The second-order valence-corrected chi connectivity index (χ2v) is 5.40. The normalized spacial score (nSPS) is 16.0. The van der Waals surface area contributed by atoms with E-state index in [0.717, 1.165) is 62.6 Å². The molecule has 0 unspecified atom stereocenters. The van der Waals surface area contributed by atoms with E-state index in [2.05, 4.69) is 27.8 Å². The van der Waals surface area contributed by atoms with E-state index in [-0.39, 0.29) is 0 Å². The minimum atomic E-state index is 0.758. The molecule has 19 heavy (non-hydrogen) atoms. The van der Waals surface area contributed by atoms with Crippen molar-refractivity contribution in [3.8, 4) is 0 Å². The number of rotatable bonds is 5. The molecule has 110 valence electrons. The molecule has 0 aromatic carbocycles. The van der Waals surface area contributed by atoms with Gasteiger partial charge in [-0.15, -0.1) is 0 Å². The Kier molecular flexibility index (Phi) is 8.00. The SMILES string of the molecule is CCNC(=S)NCC[NH+]1CCN(C(=S)NCC)CC1. The zero-order valence-electron chi connectivity index (χ0n) is 11.9. The van der Waals surface area contributed by atoms with E-state index in [4.69, 9.17) is 24.4 Å². The highest BCUT2D eigenvalue weighted by atomic mass is 32.1. The fourth-order valence-electron chi connectivity index (χ4n) is 2.11. The summed E-state index contributed by atoms with van der Waals surface area (Å²) in [4.78, 5) is 3.88. The molecule has 1 aliphatic rings. The topological polar surface area (TPSA) is 43.8 Å². The van der Waals surface area contributed by atoms with Gasteiger partial charge in [0.1, 0.15) is 0 Å². The Hall–Kier alpha value is -0.660. The highest BCUT2D eigenvalue weighted by Gasteiger charge is 2.20. The summed E-state index contributed by atoms with van der Waals surface area (Å²) in [5.74, 6) is 0. The molecule has 0 radical (unpaired) electrons. The molecule has 1 saturated heterocycles. The van der Waals surface area contributed by atoms with Crippen LogP contribution < -0.4 is 20.9 Å². The molecule has 0 spiro atoms. The maximum atomic E-state index is 5.33. The van der Waals surface area contributed by atoms with E-state index < -0.39 is 0 Å². The molecule has 0 aromatic rings. The highest BCUT2D eigenvalue weighted by Crippen LogP contribution is 1.90. The second-order valence-electron chi connectivity index (χ2n) is 4.61. The van der Waals surface area contributed by atoms with Crippen LogP contribution in [0, 0.1) is 0 Å². The van der Waals surface area contributed by atoms with E-state index >= 15 is 0 Å². The van der Waals surface area contributed by atoms with Gasteiger partial charge < -0.3 is 25.8 Å². The van der Waals surface area contributed by atoms with E-state index in [1.165, 1.54) is 0 Å². The molecule has 0 bridgehead atoms. The van der Waals surface area contributed by atoms with Gasteiger partial charge >= 0.3 is 0 Å². The molecule has 7 heteroatoms. The molecule has 0 amide bonds. The average Bonchev–Trinajstić information content (AvgIpc) is 2.40. The first-order valence-corrected chi connectivity index (χ1v) is 7.87. The van der Waals surface area contributed by atoms with Crippen LogP contribution in [0.2, 0.25) is 0 Å². The maximum absolute atomic E-state index is 5.33. The number of nitrogens with one attached hydrogen (secondary N) is 4. The number of thiocarbonyl (C=S) groups is 2. The molecule has 0 atom stereocenters. The summed E-state index contributed by atoms with van der Waals surface area (Å²) >= 11 is 10.5. The fourth-order valence-corrected chi connectivity index (χ4v) is 2.69. The zero-order valence-corrected chi connectivity index (χ0v) is 13.6. The molecule has 4 N–H and O–H groups in total. The van der Waals surface area contributed by atoms with Crippen LogP contribution >= 0.6 is 24.4 Å². The summed E-state index contributed by atoms with van der Waals surface area (Å²) < 4.78 is 0. The standard InChI is InChI=1S/C12H25N5S2/c1-3-13-11(18)15-5-6-16-7-9-17(10-8-16)12(19)14-4-2/h3-10H2,1-2H3,(H,14,19)(H2,13,15,18)/p+1. The molecule has 5 nitrogen and oxygen atoms in total. The van der Waals surface area contributed by atoms with Crippen LogP contribution in [-0.4, -0.2) is 67.5 Å². The minimum Gasteiger partial charge on any atom is -0.363 e. The summed E-state index contributed by atoms with van der Waals surface area (Å²) in [6.45, 7) is 12.3. The van der Waals surface area contributed by atoms with Gasteiger partial charge in [-0.2, -0.15) is 0 Å². The van der Waals surface area contributed by atoms with Crippen molar-refractivity contribution in [2.24, 2.45) is 0 Å². The summed E-state index contributed by atoms with van der Waals surface area (Å²) in [7, 11) is 0. The van der Waals surface area contributed by atoms with Crippen molar-refractivity contribution in [3.05, 3.63) is 0 Å². The molecule has 1 fully saturated rings. The van der Waals surface area contributed by atoms with Gasteiger partial charge in [0, 0.05) is 13.1 Å². The van der Waals surface area contributed by atoms with Crippen molar-refractivity contribution in [1.82, 2.24) is 20.9 Å². The Balaban J connectivity index is 2.13. The van der Waals surface area contributed by atoms with Gasteiger partial charge in [0.2, 0.25) is 0 Å². The molecule has 0 saturated carbocycles. The van der Waals surface area contributed by atoms with Crippen molar-refractivity contribution in [3.63, 3.8) is 0 Å². The zero-order chi connectivity index (χ0) is 14.1. The summed E-state index contributed by atoms with van der Waals surface area (Å²) in [6.07, 6.45) is 0. The number of quaternary nitrogens is 1. The second kappa shape index (κ2) is 9.28. The van der Waals surface area contributed by atoms with Gasteiger partial charge in [0.25, 0.3) is 0 Å². The van der Waals surface area contributed by atoms with Crippen molar-refractivity contribution in [1.29, 1.82) is 0 Å². The van der Waals surface area contributed by atoms with Gasteiger partial charge in [-0.3, -0.25) is 0 Å². The van der Waals surface area contributed by atoms with E-state index in [1.807, 2.05) is 6.92 Å². The number of piperazine rings is 1. The lowest BCUT2D eigenvalue weighted by molar-refractivity contribution is -0.902. The smallest absolute Gasteiger partial charge is 0.169 e. The number of hydrogen-bond acceptors (Lipinski definition) is 2. The molecule has 1 rings (SSSR count). The molecule has 0 aliphatic carbocycles. The largest absolute Gasteiger partial charge is 0.363 e. The quantitative estimate of drug-likeness (QED) is 0.467. The Morgan fingerprint density at radius 3 is 2.26 bits per heavy atom. The lowest BCUT2D eigenvalue weighted by Gasteiger charge is -2.33. The van der Waals surface area contributed by atoms with E-state index in [1.54, 1.807) is 4.90 Å². The van der Waals surface area contributed by atoms with Crippen LogP contribution in [0.3, 0.4) is 0 Å². The monoisotopic (exact) mass is 304 g/mol. The Morgan fingerprint density at radius 1 is 1.05 bits per heavy atom. The Bertz CT molecular complexity index is 287. The summed E-state index contributed by atoms with van der Waals surface area (Å²) in [5, 5.41) is 11.2. The van der Waals surface area contributed by atoms with Crippen LogP contribution in [0.4, 0.5) is 0 Å². The van der Waals surface area contributed by atoms with Crippen molar-refractivity contribution < 1.29 is 4.90 Å². The average molecular weight is 305 g/mol. The van der Waals surface area contributed by atoms with E-state index in [9.17, 15) is 0 Å². The van der Waals surface area contributed by atoms with Crippen LogP contribution in [0.25, 0.3) is 0 Å². The van der Waals surface area contributed by atoms with Gasteiger partial charge in [0.05, 0.1) is 39.3 Å². The predicted molar refractivity (Wildman–Crippen MR) is 87.7 cm³/mol. The van der Waals surface area contributed by atoms with Crippen molar-refractivity contribution in [2.75, 3.05) is 52.4 Å². The van der Waals surface area contributed by atoms with Gasteiger partial charge in [-0.25, -0.2) is 0 Å². The summed E-state index contributed by atoms with van der Waals surface area (Å²) in [5.41, 5.74) is 0. The Morgan fingerprint density at radius 2 is 1.68 bits per heavy atom. The molecule has 1 heterocycles. The lowest BCUT2D eigenvalue weighted by atomic mass is 10.3. The van der Waals surface area contributed by atoms with Crippen LogP contribution in [-0.2, 0) is 0 Å². The predicted octanol–water partition coefficient (Wildman–Crippen LogP) is -1.43. The number of hydrogen-bond donors (Lipinski definition) is 4. The molecular formula is C12H26N5S2+. The summed E-state index contributed by atoms with van der Waals surface area (Å²) in [6, 6.07) is 0. The first-order chi connectivity index (χ1) is 9.17. The van der Waals surface area contributed by atoms with Crippen LogP contribution in [0.15, 0.2) is 0 Å².